The largest absolute Gasteiger partial charge is 0.497 e. The van der Waals surface area contributed by atoms with E-state index in [9.17, 15) is 4.79 Å². The number of rotatable bonds is 9. The third-order valence-corrected chi connectivity index (χ3v) is 5.81. The smallest absolute Gasteiger partial charge is 0.227 e. The molecule has 0 aliphatic carbocycles. The molecule has 7 nitrogen and oxygen atoms in total. The van der Waals surface area contributed by atoms with Gasteiger partial charge < -0.3 is 20.3 Å². The molecule has 1 aliphatic rings. The Hall–Kier alpha value is -3.45. The zero-order valence-corrected chi connectivity index (χ0v) is 18.3. The van der Waals surface area contributed by atoms with E-state index in [0.29, 0.717) is 5.95 Å². The number of carbonyl (C=O) groups is 1. The number of carbonyl (C=O) groups excluding carboxylic acids is 1. The summed E-state index contributed by atoms with van der Waals surface area (Å²) in [6.45, 7) is 3.03. The maximum Gasteiger partial charge on any atom is 0.227 e. The fraction of sp³-hybridized carbons (Fsp3) is 0.320. The first-order valence-electron chi connectivity index (χ1n) is 11.0. The molecular formula is C25H29N5O2. The predicted molar refractivity (Wildman–Crippen MR) is 126 cm³/mol. The number of hydrogen-bond acceptors (Lipinski definition) is 6. The standard InChI is InChI=1S/C25H29N5O2/c1-32-24-10-6-20(7-11-24)21-15-26-25(27-16-21)29-22-8-4-19(5-9-22)12-14-30-13-2-3-23(17-30)28-18-31/h4-11,15-16,18,23H,2-3,12-14,17H2,1H3,(H,28,31)(H,26,27,29). The number of methoxy groups -OCH3 is 1. The molecule has 1 unspecified atom stereocenters. The Balaban J connectivity index is 1.29. The van der Waals surface area contributed by atoms with Gasteiger partial charge in [-0.3, -0.25) is 4.79 Å². The number of likely N-dealkylation sites (tertiary alicyclic amines) is 1. The molecule has 0 spiro atoms. The number of hydrogen-bond donors (Lipinski definition) is 2. The molecule has 166 valence electrons. The van der Waals surface area contributed by atoms with E-state index in [1.807, 2.05) is 36.7 Å². The van der Waals surface area contributed by atoms with Crippen LogP contribution in [0.1, 0.15) is 18.4 Å². The lowest BCUT2D eigenvalue weighted by Crippen LogP contribution is -2.45. The molecule has 3 aromatic rings. The van der Waals surface area contributed by atoms with E-state index in [4.69, 9.17) is 4.74 Å². The van der Waals surface area contributed by atoms with Crippen LogP contribution in [0, 0.1) is 0 Å². The molecule has 1 fully saturated rings. The number of amides is 1. The van der Waals surface area contributed by atoms with Gasteiger partial charge in [0.05, 0.1) is 7.11 Å². The number of nitrogens with one attached hydrogen (secondary N) is 2. The molecule has 1 aliphatic heterocycles. The average Bonchev–Trinajstić information content (AvgIpc) is 2.85. The van der Waals surface area contributed by atoms with Crippen molar-refractivity contribution in [3.8, 4) is 16.9 Å². The second kappa shape index (κ2) is 10.7. The number of piperidine rings is 1. The van der Waals surface area contributed by atoms with Crippen molar-refractivity contribution in [2.24, 2.45) is 0 Å². The van der Waals surface area contributed by atoms with E-state index in [1.54, 1.807) is 7.11 Å². The van der Waals surface area contributed by atoms with Crippen molar-refractivity contribution in [3.05, 3.63) is 66.5 Å². The molecule has 4 rings (SSSR count). The second-order valence-electron chi connectivity index (χ2n) is 8.02. The molecule has 1 saturated heterocycles. The van der Waals surface area contributed by atoms with Gasteiger partial charge in [0.25, 0.3) is 0 Å². The molecule has 0 bridgehead atoms. The lowest BCUT2D eigenvalue weighted by molar-refractivity contribution is -0.110. The summed E-state index contributed by atoms with van der Waals surface area (Å²) in [6, 6.07) is 16.5. The van der Waals surface area contributed by atoms with Crippen LogP contribution < -0.4 is 15.4 Å². The van der Waals surface area contributed by atoms with Gasteiger partial charge in [-0.05, 0) is 61.2 Å². The first kappa shape index (κ1) is 21.8. The fourth-order valence-corrected chi connectivity index (χ4v) is 3.99. The Morgan fingerprint density at radius 3 is 2.50 bits per heavy atom. The molecule has 32 heavy (non-hydrogen) atoms. The monoisotopic (exact) mass is 431 g/mol. The van der Waals surface area contributed by atoms with Crippen LogP contribution >= 0.6 is 0 Å². The van der Waals surface area contributed by atoms with Crippen LogP contribution in [0.5, 0.6) is 5.75 Å². The Morgan fingerprint density at radius 1 is 1.06 bits per heavy atom. The minimum Gasteiger partial charge on any atom is -0.497 e. The molecule has 7 heteroatoms. The van der Waals surface area contributed by atoms with Gasteiger partial charge in [0.15, 0.2) is 0 Å². The van der Waals surface area contributed by atoms with Crippen LogP contribution in [-0.2, 0) is 11.2 Å². The number of benzene rings is 2. The highest BCUT2D eigenvalue weighted by Gasteiger charge is 2.18. The highest BCUT2D eigenvalue weighted by atomic mass is 16.5. The Kier molecular flexibility index (Phi) is 7.30. The molecule has 1 amide bonds. The number of ether oxygens (including phenoxy) is 1. The third kappa shape index (κ3) is 5.82. The van der Waals surface area contributed by atoms with Crippen molar-refractivity contribution >= 4 is 18.0 Å². The summed E-state index contributed by atoms with van der Waals surface area (Å²) < 4.78 is 5.20. The summed E-state index contributed by atoms with van der Waals surface area (Å²) in [7, 11) is 1.66. The minimum atomic E-state index is 0.281. The SMILES string of the molecule is COc1ccc(-c2cnc(Nc3ccc(CCN4CCCC(NC=O)C4)cc3)nc2)cc1. The number of aromatic nitrogens is 2. The van der Waals surface area contributed by atoms with Gasteiger partial charge >= 0.3 is 0 Å². The lowest BCUT2D eigenvalue weighted by atomic mass is 10.0. The van der Waals surface area contributed by atoms with Gasteiger partial charge in [-0.25, -0.2) is 9.97 Å². The summed E-state index contributed by atoms with van der Waals surface area (Å²) in [4.78, 5) is 22.0. The Labute approximate surface area is 188 Å². The van der Waals surface area contributed by atoms with E-state index in [0.717, 1.165) is 67.9 Å². The zero-order valence-electron chi connectivity index (χ0n) is 18.3. The molecule has 1 aromatic heterocycles. The third-order valence-electron chi connectivity index (χ3n) is 5.81. The lowest BCUT2D eigenvalue weighted by Gasteiger charge is -2.32. The normalized spacial score (nSPS) is 16.3. The summed E-state index contributed by atoms with van der Waals surface area (Å²) in [6.07, 6.45) is 7.63. The average molecular weight is 432 g/mol. The molecular weight excluding hydrogens is 402 g/mol. The van der Waals surface area contributed by atoms with Gasteiger partial charge in [0.1, 0.15) is 5.75 Å². The Morgan fingerprint density at radius 2 is 1.81 bits per heavy atom. The van der Waals surface area contributed by atoms with Gasteiger partial charge in [0.2, 0.25) is 12.4 Å². The van der Waals surface area contributed by atoms with Crippen molar-refractivity contribution in [3.63, 3.8) is 0 Å². The summed E-state index contributed by atoms with van der Waals surface area (Å²) >= 11 is 0. The first-order chi connectivity index (χ1) is 15.7. The number of nitrogens with zero attached hydrogens (tertiary/aromatic N) is 3. The molecule has 2 aromatic carbocycles. The van der Waals surface area contributed by atoms with Gasteiger partial charge in [-0.2, -0.15) is 0 Å². The molecule has 0 radical (unpaired) electrons. The highest BCUT2D eigenvalue weighted by molar-refractivity contribution is 5.63. The van der Waals surface area contributed by atoms with Crippen molar-refractivity contribution in [1.29, 1.82) is 0 Å². The summed E-state index contributed by atoms with van der Waals surface area (Å²) in [5, 5.41) is 6.17. The van der Waals surface area contributed by atoms with Crippen molar-refractivity contribution in [1.82, 2.24) is 20.2 Å². The van der Waals surface area contributed by atoms with Crippen molar-refractivity contribution < 1.29 is 9.53 Å². The zero-order chi connectivity index (χ0) is 22.2. The van der Waals surface area contributed by atoms with Gasteiger partial charge in [0, 0.05) is 42.8 Å². The van der Waals surface area contributed by atoms with E-state index in [2.05, 4.69) is 49.8 Å². The fourth-order valence-electron chi connectivity index (χ4n) is 3.99. The van der Waals surface area contributed by atoms with Crippen molar-refractivity contribution in [2.75, 3.05) is 32.1 Å². The maximum absolute atomic E-state index is 10.7. The van der Waals surface area contributed by atoms with Crippen LogP contribution in [0.3, 0.4) is 0 Å². The number of anilines is 2. The van der Waals surface area contributed by atoms with Gasteiger partial charge in [-0.15, -0.1) is 0 Å². The Bertz CT molecular complexity index is 990. The molecule has 2 heterocycles. The van der Waals surface area contributed by atoms with E-state index < -0.39 is 0 Å². The van der Waals surface area contributed by atoms with Crippen LogP contribution in [0.15, 0.2) is 60.9 Å². The van der Waals surface area contributed by atoms with E-state index in [1.165, 1.54) is 5.56 Å². The van der Waals surface area contributed by atoms with Crippen LogP contribution in [0.2, 0.25) is 0 Å². The minimum absolute atomic E-state index is 0.281. The highest BCUT2D eigenvalue weighted by Crippen LogP contribution is 2.22. The van der Waals surface area contributed by atoms with Crippen LogP contribution in [0.25, 0.3) is 11.1 Å². The molecule has 1 atom stereocenters. The summed E-state index contributed by atoms with van der Waals surface area (Å²) in [5.41, 5.74) is 4.25. The predicted octanol–water partition coefficient (Wildman–Crippen LogP) is 3.65. The van der Waals surface area contributed by atoms with Crippen LogP contribution in [-0.4, -0.2) is 54.1 Å². The van der Waals surface area contributed by atoms with Crippen molar-refractivity contribution in [2.45, 2.75) is 25.3 Å². The quantitative estimate of drug-likeness (QED) is 0.504. The van der Waals surface area contributed by atoms with E-state index in [-0.39, 0.29) is 6.04 Å². The van der Waals surface area contributed by atoms with Crippen LogP contribution in [0.4, 0.5) is 11.6 Å². The topological polar surface area (TPSA) is 79.4 Å². The maximum atomic E-state index is 10.7. The summed E-state index contributed by atoms with van der Waals surface area (Å²) in [5.74, 6) is 1.39. The molecule has 2 N–H and O–H groups in total. The first-order valence-corrected chi connectivity index (χ1v) is 11.0. The molecule has 0 saturated carbocycles. The van der Waals surface area contributed by atoms with Gasteiger partial charge in [-0.1, -0.05) is 24.3 Å². The van der Waals surface area contributed by atoms with E-state index >= 15 is 0 Å². The second-order valence-corrected chi connectivity index (χ2v) is 8.02.